The molecular weight excluding hydrogens is 314 g/mol. The molecule has 19 heavy (non-hydrogen) atoms. The summed E-state index contributed by atoms with van der Waals surface area (Å²) < 4.78 is 0.667. The predicted octanol–water partition coefficient (Wildman–Crippen LogP) is 2.05. The van der Waals surface area contributed by atoms with Crippen molar-refractivity contribution in [3.63, 3.8) is 0 Å². The van der Waals surface area contributed by atoms with Gasteiger partial charge < -0.3 is 15.7 Å². The SMILES string of the molecule is Cc1cc(NCCNCC(C)O)c(Br)cc1[N+](=O)[O-]. The van der Waals surface area contributed by atoms with E-state index in [2.05, 4.69) is 26.6 Å². The van der Waals surface area contributed by atoms with Crippen molar-refractivity contribution in [2.75, 3.05) is 25.0 Å². The molecule has 0 saturated carbocycles. The Balaban J connectivity index is 2.55. The number of rotatable bonds is 7. The molecule has 6 nitrogen and oxygen atoms in total. The third-order valence-corrected chi connectivity index (χ3v) is 3.20. The summed E-state index contributed by atoms with van der Waals surface area (Å²) >= 11 is 3.31. The predicted molar refractivity (Wildman–Crippen MR) is 78.6 cm³/mol. The van der Waals surface area contributed by atoms with Crippen molar-refractivity contribution in [2.24, 2.45) is 0 Å². The Morgan fingerprint density at radius 3 is 2.74 bits per heavy atom. The molecule has 1 aromatic rings. The van der Waals surface area contributed by atoms with Crippen LogP contribution in [0.2, 0.25) is 0 Å². The minimum atomic E-state index is -0.395. The van der Waals surface area contributed by atoms with Crippen LogP contribution in [0.3, 0.4) is 0 Å². The lowest BCUT2D eigenvalue weighted by Gasteiger charge is -2.11. The summed E-state index contributed by atoms with van der Waals surface area (Å²) in [5, 5.41) is 26.1. The number of nitro benzene ring substituents is 1. The number of nitrogens with zero attached hydrogens (tertiary/aromatic N) is 1. The molecule has 1 rings (SSSR count). The van der Waals surface area contributed by atoms with Gasteiger partial charge in [0.1, 0.15) is 0 Å². The van der Waals surface area contributed by atoms with Gasteiger partial charge in [-0.2, -0.15) is 0 Å². The molecule has 1 atom stereocenters. The van der Waals surface area contributed by atoms with Gasteiger partial charge in [-0.25, -0.2) is 0 Å². The van der Waals surface area contributed by atoms with Gasteiger partial charge in [0, 0.05) is 41.4 Å². The van der Waals surface area contributed by atoms with Gasteiger partial charge in [0.25, 0.3) is 5.69 Å². The van der Waals surface area contributed by atoms with Crippen molar-refractivity contribution < 1.29 is 10.0 Å². The number of hydrogen-bond donors (Lipinski definition) is 3. The quantitative estimate of drug-likeness (QED) is 0.404. The normalized spacial score (nSPS) is 12.2. The minimum absolute atomic E-state index is 0.102. The van der Waals surface area contributed by atoms with Crippen LogP contribution < -0.4 is 10.6 Å². The zero-order valence-corrected chi connectivity index (χ0v) is 12.5. The molecule has 1 aromatic carbocycles. The van der Waals surface area contributed by atoms with Gasteiger partial charge in [0.05, 0.1) is 11.0 Å². The molecular formula is C12H18BrN3O3. The topological polar surface area (TPSA) is 87.4 Å². The van der Waals surface area contributed by atoms with E-state index >= 15 is 0 Å². The Morgan fingerprint density at radius 2 is 2.16 bits per heavy atom. The standard InChI is InChI=1S/C12H18BrN3O3/c1-8-5-11(10(13)6-12(8)16(18)19)15-4-3-14-7-9(2)17/h5-6,9,14-15,17H,3-4,7H2,1-2H3. The lowest BCUT2D eigenvalue weighted by atomic mass is 10.2. The van der Waals surface area contributed by atoms with Gasteiger partial charge in [-0.15, -0.1) is 0 Å². The third-order valence-electron chi connectivity index (χ3n) is 2.54. The molecule has 0 amide bonds. The summed E-state index contributed by atoms with van der Waals surface area (Å²) in [6, 6.07) is 3.25. The molecule has 106 valence electrons. The number of halogens is 1. The smallest absolute Gasteiger partial charge is 0.273 e. The number of benzene rings is 1. The van der Waals surface area contributed by atoms with Crippen LogP contribution in [-0.4, -0.2) is 35.8 Å². The van der Waals surface area contributed by atoms with Crippen molar-refractivity contribution in [3.05, 3.63) is 32.3 Å². The Labute approximate surface area is 120 Å². The first kappa shape index (κ1) is 15.9. The first-order valence-corrected chi connectivity index (χ1v) is 6.78. The number of aryl methyl sites for hydroxylation is 1. The second-order valence-corrected chi connectivity index (χ2v) is 5.21. The fourth-order valence-corrected chi connectivity index (χ4v) is 2.07. The van der Waals surface area contributed by atoms with Gasteiger partial charge in [0.2, 0.25) is 0 Å². The molecule has 0 fully saturated rings. The van der Waals surface area contributed by atoms with Crippen molar-refractivity contribution in [1.29, 1.82) is 0 Å². The maximum atomic E-state index is 10.8. The van der Waals surface area contributed by atoms with Gasteiger partial charge >= 0.3 is 0 Å². The molecule has 0 bridgehead atoms. The molecule has 0 saturated heterocycles. The Morgan fingerprint density at radius 1 is 1.47 bits per heavy atom. The fourth-order valence-electron chi connectivity index (χ4n) is 1.60. The number of anilines is 1. The van der Waals surface area contributed by atoms with Crippen LogP contribution >= 0.6 is 15.9 Å². The molecule has 0 spiro atoms. The molecule has 0 aliphatic rings. The van der Waals surface area contributed by atoms with E-state index in [1.54, 1.807) is 19.9 Å². The van der Waals surface area contributed by atoms with Crippen LogP contribution in [0.1, 0.15) is 12.5 Å². The molecule has 7 heteroatoms. The monoisotopic (exact) mass is 331 g/mol. The molecule has 0 aliphatic heterocycles. The summed E-state index contributed by atoms with van der Waals surface area (Å²) in [6.07, 6.45) is -0.367. The largest absolute Gasteiger partial charge is 0.392 e. The first-order chi connectivity index (χ1) is 8.91. The Bertz CT molecular complexity index is 452. The molecule has 0 aromatic heterocycles. The van der Waals surface area contributed by atoms with E-state index in [0.717, 1.165) is 5.69 Å². The maximum Gasteiger partial charge on any atom is 0.273 e. The van der Waals surface area contributed by atoms with E-state index in [-0.39, 0.29) is 11.8 Å². The zero-order valence-electron chi connectivity index (χ0n) is 10.9. The number of aliphatic hydroxyl groups is 1. The van der Waals surface area contributed by atoms with Gasteiger partial charge in [-0.1, -0.05) is 0 Å². The van der Waals surface area contributed by atoms with E-state index in [9.17, 15) is 10.1 Å². The highest BCUT2D eigenvalue weighted by Gasteiger charge is 2.13. The fraction of sp³-hybridized carbons (Fsp3) is 0.500. The summed E-state index contributed by atoms with van der Waals surface area (Å²) in [6.45, 7) is 5.34. The summed E-state index contributed by atoms with van der Waals surface area (Å²) in [4.78, 5) is 10.4. The highest BCUT2D eigenvalue weighted by Crippen LogP contribution is 2.30. The lowest BCUT2D eigenvalue weighted by molar-refractivity contribution is -0.385. The van der Waals surface area contributed by atoms with Crippen LogP contribution in [0.25, 0.3) is 0 Å². The average Bonchev–Trinajstić information content (AvgIpc) is 2.31. The van der Waals surface area contributed by atoms with Gasteiger partial charge in [-0.3, -0.25) is 10.1 Å². The van der Waals surface area contributed by atoms with Crippen molar-refractivity contribution in [2.45, 2.75) is 20.0 Å². The zero-order chi connectivity index (χ0) is 14.4. The van der Waals surface area contributed by atoms with Crippen LogP contribution in [0.15, 0.2) is 16.6 Å². The third kappa shape index (κ3) is 5.14. The van der Waals surface area contributed by atoms with Gasteiger partial charge in [-0.05, 0) is 35.8 Å². The van der Waals surface area contributed by atoms with Crippen LogP contribution in [0.5, 0.6) is 0 Å². The number of nitro groups is 1. The summed E-state index contributed by atoms with van der Waals surface area (Å²) in [5.41, 5.74) is 1.54. The van der Waals surface area contributed by atoms with E-state index < -0.39 is 4.92 Å². The number of aliphatic hydroxyl groups excluding tert-OH is 1. The highest BCUT2D eigenvalue weighted by molar-refractivity contribution is 9.10. The molecule has 0 aliphatic carbocycles. The van der Waals surface area contributed by atoms with Crippen molar-refractivity contribution in [1.82, 2.24) is 5.32 Å². The van der Waals surface area contributed by atoms with Crippen molar-refractivity contribution >= 4 is 27.3 Å². The average molecular weight is 332 g/mol. The molecule has 3 N–H and O–H groups in total. The highest BCUT2D eigenvalue weighted by atomic mass is 79.9. The molecule has 0 radical (unpaired) electrons. The first-order valence-electron chi connectivity index (χ1n) is 5.99. The van der Waals surface area contributed by atoms with Gasteiger partial charge in [0.15, 0.2) is 0 Å². The van der Waals surface area contributed by atoms with E-state index in [0.29, 0.717) is 29.7 Å². The maximum absolute atomic E-state index is 10.8. The second kappa shape index (κ2) is 7.42. The second-order valence-electron chi connectivity index (χ2n) is 4.36. The lowest BCUT2D eigenvalue weighted by Crippen LogP contribution is -2.29. The number of hydrogen-bond acceptors (Lipinski definition) is 5. The van der Waals surface area contributed by atoms with Crippen molar-refractivity contribution in [3.8, 4) is 0 Å². The van der Waals surface area contributed by atoms with E-state index in [4.69, 9.17) is 5.11 Å². The summed E-state index contributed by atoms with van der Waals surface area (Å²) in [7, 11) is 0. The van der Waals surface area contributed by atoms with Crippen LogP contribution in [0.4, 0.5) is 11.4 Å². The Kier molecular flexibility index (Phi) is 6.20. The molecule has 0 heterocycles. The minimum Gasteiger partial charge on any atom is -0.392 e. The Hall–Kier alpha value is -1.18. The van der Waals surface area contributed by atoms with Crippen LogP contribution in [-0.2, 0) is 0 Å². The number of nitrogens with one attached hydrogen (secondary N) is 2. The van der Waals surface area contributed by atoms with E-state index in [1.165, 1.54) is 6.07 Å². The van der Waals surface area contributed by atoms with E-state index in [1.807, 2.05) is 0 Å². The summed E-state index contributed by atoms with van der Waals surface area (Å²) in [5.74, 6) is 0. The van der Waals surface area contributed by atoms with Crippen LogP contribution in [0, 0.1) is 17.0 Å². The molecule has 1 unspecified atom stereocenters.